The van der Waals surface area contributed by atoms with Crippen LogP contribution in [0.4, 0.5) is 17.1 Å². The van der Waals surface area contributed by atoms with Crippen LogP contribution in [0.3, 0.4) is 0 Å². The number of nitrogens with zero attached hydrogens (tertiary/aromatic N) is 6. The molecule has 8 heteroatoms. The predicted molar refractivity (Wildman–Crippen MR) is 292 cm³/mol. The lowest BCUT2D eigenvalue weighted by Gasteiger charge is -2.26. The lowest BCUT2D eigenvalue weighted by Crippen LogP contribution is -2.19. The second-order valence-electron chi connectivity index (χ2n) is 21.7. The molecule has 0 amide bonds. The number of rotatable bonds is 8. The Morgan fingerprint density at radius 1 is 0.500 bits per heavy atom. The number of fused-ring (bicyclic) bond motifs is 2. The first-order valence-corrected chi connectivity index (χ1v) is 25.0. The molecule has 70 heavy (non-hydrogen) atoms. The molecular weight excluding hydrogens is 859 g/mol. The molecule has 2 aliphatic heterocycles. The van der Waals surface area contributed by atoms with Crippen molar-refractivity contribution < 1.29 is 4.74 Å². The molecule has 0 saturated carbocycles. The van der Waals surface area contributed by atoms with Gasteiger partial charge in [-0.3, -0.25) is 0 Å². The zero-order chi connectivity index (χ0) is 49.8. The monoisotopic (exact) mass is 930 g/mol. The average Bonchev–Trinajstić information content (AvgIpc) is 4.07. The van der Waals surface area contributed by atoms with Gasteiger partial charge in [0, 0.05) is 52.4 Å². The van der Waals surface area contributed by atoms with E-state index in [2.05, 4.69) is 205 Å². The Balaban J connectivity index is 0.000000174. The lowest BCUT2D eigenvalue weighted by molar-refractivity contribution is 0.338. The Labute approximate surface area is 416 Å². The third kappa shape index (κ3) is 9.24. The van der Waals surface area contributed by atoms with Gasteiger partial charge in [0.25, 0.3) is 0 Å². The van der Waals surface area contributed by atoms with Crippen LogP contribution in [0.15, 0.2) is 121 Å². The fourth-order valence-electron chi connectivity index (χ4n) is 10.2. The normalized spacial score (nSPS) is 13.3. The minimum absolute atomic E-state index is 0.110. The van der Waals surface area contributed by atoms with Crippen molar-refractivity contribution in [3.05, 3.63) is 188 Å². The van der Waals surface area contributed by atoms with Crippen molar-refractivity contribution in [3.8, 4) is 39.6 Å². The van der Waals surface area contributed by atoms with Crippen LogP contribution in [0.25, 0.3) is 33.9 Å². The molecular formula is C62H71N7O. The van der Waals surface area contributed by atoms with Gasteiger partial charge in [0.2, 0.25) is 0 Å². The SMILES string of the molecule is CCOc1cccc(C)c1-n1nc2c(c1-c1ccc(C)cc1)CN(c1cc(C(C)(C)C)ccc1C)C2.Cc1ccc(C(C)(C)C)cc1N1Cc2nn(-c3c(C)cccc3C)c(-c3ccc(N)cc3)c2C1. The van der Waals surface area contributed by atoms with Crippen LogP contribution in [0, 0.1) is 41.5 Å². The highest BCUT2D eigenvalue weighted by atomic mass is 16.5. The van der Waals surface area contributed by atoms with Crippen LogP contribution in [-0.4, -0.2) is 26.2 Å². The van der Waals surface area contributed by atoms with Crippen LogP contribution in [0.1, 0.15) is 115 Å². The highest BCUT2D eigenvalue weighted by Gasteiger charge is 2.33. The maximum absolute atomic E-state index is 6.06. The Morgan fingerprint density at radius 3 is 1.39 bits per heavy atom. The summed E-state index contributed by atoms with van der Waals surface area (Å²) in [7, 11) is 0. The molecule has 0 saturated heterocycles. The summed E-state index contributed by atoms with van der Waals surface area (Å²) < 4.78 is 10.4. The first kappa shape index (κ1) is 48.0. The van der Waals surface area contributed by atoms with Crippen molar-refractivity contribution in [2.75, 3.05) is 22.1 Å². The second kappa shape index (κ2) is 18.7. The van der Waals surface area contributed by atoms with E-state index in [0.717, 1.165) is 71.5 Å². The number of nitrogen functional groups attached to an aromatic ring is 1. The van der Waals surface area contributed by atoms with E-state index >= 15 is 0 Å². The zero-order valence-corrected chi connectivity index (χ0v) is 43.8. The summed E-state index contributed by atoms with van der Waals surface area (Å²) in [5.74, 6) is 0.873. The molecule has 2 aromatic heterocycles. The van der Waals surface area contributed by atoms with Gasteiger partial charge < -0.3 is 20.3 Å². The Morgan fingerprint density at radius 2 is 0.929 bits per heavy atom. The fourth-order valence-corrected chi connectivity index (χ4v) is 10.2. The van der Waals surface area contributed by atoms with Crippen molar-refractivity contribution in [2.24, 2.45) is 0 Å². The minimum Gasteiger partial charge on any atom is -0.492 e. The molecule has 0 fully saturated rings. The molecule has 2 N–H and O–H groups in total. The summed E-state index contributed by atoms with van der Waals surface area (Å²) in [6, 6.07) is 43.4. The molecule has 0 aliphatic carbocycles. The van der Waals surface area contributed by atoms with Crippen molar-refractivity contribution >= 4 is 17.1 Å². The van der Waals surface area contributed by atoms with E-state index in [4.69, 9.17) is 20.7 Å². The van der Waals surface area contributed by atoms with Gasteiger partial charge in [-0.15, -0.1) is 0 Å². The van der Waals surface area contributed by atoms with Crippen LogP contribution in [0.5, 0.6) is 5.75 Å². The molecule has 0 atom stereocenters. The van der Waals surface area contributed by atoms with Crippen LogP contribution < -0.4 is 20.3 Å². The Hall–Kier alpha value is -7.06. The van der Waals surface area contributed by atoms with Gasteiger partial charge in [-0.2, -0.15) is 10.2 Å². The van der Waals surface area contributed by atoms with Crippen molar-refractivity contribution in [1.29, 1.82) is 0 Å². The molecule has 4 heterocycles. The number of para-hydroxylation sites is 2. The van der Waals surface area contributed by atoms with Crippen molar-refractivity contribution in [3.63, 3.8) is 0 Å². The van der Waals surface area contributed by atoms with E-state index in [1.165, 1.54) is 78.4 Å². The van der Waals surface area contributed by atoms with E-state index in [1.54, 1.807) is 0 Å². The van der Waals surface area contributed by atoms with Gasteiger partial charge in [-0.25, -0.2) is 9.36 Å². The maximum Gasteiger partial charge on any atom is 0.145 e. The smallest absolute Gasteiger partial charge is 0.145 e. The van der Waals surface area contributed by atoms with E-state index in [0.29, 0.717) is 6.61 Å². The number of ether oxygens (including phenoxy) is 1. The average molecular weight is 930 g/mol. The summed E-state index contributed by atoms with van der Waals surface area (Å²) in [6.07, 6.45) is 0. The van der Waals surface area contributed by atoms with Gasteiger partial charge in [-0.05, 0) is 129 Å². The molecule has 0 radical (unpaired) electrons. The number of hydrogen-bond acceptors (Lipinski definition) is 6. The van der Waals surface area contributed by atoms with Gasteiger partial charge in [-0.1, -0.05) is 138 Å². The lowest BCUT2D eigenvalue weighted by atomic mass is 9.86. The van der Waals surface area contributed by atoms with E-state index in [1.807, 2.05) is 25.1 Å². The number of hydrogen-bond donors (Lipinski definition) is 1. The van der Waals surface area contributed by atoms with Gasteiger partial charge in [0.05, 0.1) is 48.2 Å². The fraction of sp³-hybridized carbons (Fsp3) is 0.323. The topological polar surface area (TPSA) is 77.4 Å². The summed E-state index contributed by atoms with van der Waals surface area (Å²) in [5, 5.41) is 10.4. The highest BCUT2D eigenvalue weighted by Crippen LogP contribution is 2.43. The molecule has 0 bridgehead atoms. The Bertz CT molecular complexity index is 3190. The van der Waals surface area contributed by atoms with E-state index in [9.17, 15) is 0 Å². The maximum atomic E-state index is 6.06. The summed E-state index contributed by atoms with van der Waals surface area (Å²) in [4.78, 5) is 4.95. The highest BCUT2D eigenvalue weighted by molar-refractivity contribution is 5.74. The molecule has 0 spiro atoms. The quantitative estimate of drug-likeness (QED) is 0.153. The summed E-state index contributed by atoms with van der Waals surface area (Å²) in [5.41, 5.74) is 31.5. The molecule has 8 nitrogen and oxygen atoms in total. The van der Waals surface area contributed by atoms with Gasteiger partial charge in [0.1, 0.15) is 11.4 Å². The van der Waals surface area contributed by atoms with Gasteiger partial charge >= 0.3 is 0 Å². The summed E-state index contributed by atoms with van der Waals surface area (Å²) >= 11 is 0. The Kier molecular flexibility index (Phi) is 12.8. The van der Waals surface area contributed by atoms with Crippen molar-refractivity contribution in [1.82, 2.24) is 19.6 Å². The molecule has 0 unspecified atom stereocenters. The second-order valence-corrected chi connectivity index (χ2v) is 21.7. The minimum atomic E-state index is 0.110. The van der Waals surface area contributed by atoms with Crippen LogP contribution in [-0.2, 0) is 37.0 Å². The van der Waals surface area contributed by atoms with E-state index < -0.39 is 0 Å². The molecule has 360 valence electrons. The third-order valence-electron chi connectivity index (χ3n) is 14.2. The molecule has 10 rings (SSSR count). The number of aromatic nitrogens is 4. The molecule has 8 aromatic rings. The number of anilines is 3. The van der Waals surface area contributed by atoms with Crippen LogP contribution >= 0.6 is 0 Å². The number of nitrogens with two attached hydrogens (primary N) is 1. The summed E-state index contributed by atoms with van der Waals surface area (Å²) in [6.45, 7) is 32.6. The van der Waals surface area contributed by atoms with E-state index in [-0.39, 0.29) is 10.8 Å². The first-order valence-electron chi connectivity index (χ1n) is 25.0. The predicted octanol–water partition coefficient (Wildman–Crippen LogP) is 14.5. The molecule has 2 aliphatic rings. The van der Waals surface area contributed by atoms with Gasteiger partial charge in [0.15, 0.2) is 0 Å². The van der Waals surface area contributed by atoms with Crippen LogP contribution in [0.2, 0.25) is 0 Å². The largest absolute Gasteiger partial charge is 0.492 e. The third-order valence-corrected chi connectivity index (χ3v) is 14.2. The molecule has 6 aromatic carbocycles. The number of aryl methyl sites for hydroxylation is 6. The standard InChI is InChI=1S/C32H37N3O.C30H34N4/c1-8-36-29-11-9-10-23(4)30(29)35-31(24-15-12-21(2)13-16-24)26-19-34(20-27(26)33-35)28-18-25(32(5,6)7)17-14-22(28)3;1-19-10-13-23(30(4,5)6)16-27(19)33-17-25-26(18-33)32-34(28-20(2)8-7-9-21(28)3)29(25)22-11-14-24(31)15-12-22/h9-18H,8,19-20H2,1-7H3;7-16H,17-18,31H2,1-6H3. The number of benzene rings is 6. The van der Waals surface area contributed by atoms with Crippen molar-refractivity contribution in [2.45, 2.75) is 127 Å². The zero-order valence-electron chi connectivity index (χ0n) is 43.8. The first-order chi connectivity index (χ1) is 33.3.